The van der Waals surface area contributed by atoms with Gasteiger partial charge in [-0.05, 0) is 66.3 Å². The molecule has 67 heavy (non-hydrogen) atoms. The number of amides is 9. The summed E-state index contributed by atoms with van der Waals surface area (Å²) in [7, 11) is 13.8. The quantitative estimate of drug-likeness (QED) is 0.130. The van der Waals surface area contributed by atoms with Crippen molar-refractivity contribution in [1.29, 1.82) is 0 Å². The first-order chi connectivity index (χ1) is 30.2. The zero-order valence-corrected chi connectivity index (χ0v) is 42.8. The van der Waals surface area contributed by atoms with Crippen LogP contribution >= 0.6 is 31.5 Å². The van der Waals surface area contributed by atoms with E-state index in [4.69, 9.17) is 30.5 Å². The molecule has 0 aliphatic carbocycles. The molecule has 9 amide bonds. The van der Waals surface area contributed by atoms with Crippen LogP contribution in [0.5, 0.6) is 0 Å². The van der Waals surface area contributed by atoms with Crippen LogP contribution in [-0.4, -0.2) is 226 Å². The fourth-order valence-corrected chi connectivity index (χ4v) is 5.54. The number of aliphatic carboxylic acids is 1. The Morgan fingerprint density at radius 3 is 1.42 bits per heavy atom. The summed E-state index contributed by atoms with van der Waals surface area (Å²) in [6, 6.07) is -5.32. The number of urea groups is 4. The molecule has 0 aromatic heterocycles. The second kappa shape index (κ2) is 35.3. The van der Waals surface area contributed by atoms with Crippen molar-refractivity contribution in [2.24, 2.45) is 0 Å². The Morgan fingerprint density at radius 1 is 0.672 bits per heavy atom. The van der Waals surface area contributed by atoms with Crippen LogP contribution in [0.1, 0.15) is 73.6 Å². The molecule has 7 unspecified atom stereocenters. The van der Waals surface area contributed by atoms with Crippen molar-refractivity contribution in [2.45, 2.75) is 110 Å². The van der Waals surface area contributed by atoms with Gasteiger partial charge in [-0.25, -0.2) is 48.2 Å². The number of imide groups is 2. The molecule has 2 aliphatic rings. The van der Waals surface area contributed by atoms with Gasteiger partial charge in [-0.15, -0.1) is 12.4 Å². The molecule has 0 aromatic carbocycles. The number of hydrogen-bond donors (Lipinski definition) is 2. The zero-order chi connectivity index (χ0) is 50.9. The molecule has 386 valence electrons. The SMILES string of the molecule is C.CC(OC(=O)C(C)N(C)C(=O)N(C)C(=O)N(C)C)C(=O)O.COC(=O)C1CCCCN1.COC(=O)C1CCCCN1C(=O)C(C)OC(=O)C(C)N(C)C(=O)N(C)C(=O)N(C)C.Cl.O=BPCl. The molecule has 0 spiro atoms. The number of methoxy groups -OCH3 is 2. The number of carbonyl (C=O) groups is 10. The predicted octanol–water partition coefficient (Wildman–Crippen LogP) is 2.73. The van der Waals surface area contributed by atoms with Gasteiger partial charge in [0, 0.05) is 62.9 Å². The van der Waals surface area contributed by atoms with E-state index in [1.807, 2.05) is 0 Å². The maximum absolute atomic E-state index is 12.8. The van der Waals surface area contributed by atoms with E-state index in [-0.39, 0.29) is 39.7 Å². The standard InChI is InChI=1S/C19H32N4O7.C12H21N3O6.C7H13NO2.CH4.BClHOP.ClH/c1-12(21(5)19(28)22(6)18(27)20(3)4)16(25)30-13(2)15(24)23-11-9-8-10-14(23)17(26)29-7;1-7(10(18)21-8(2)9(16)17)14(5)12(20)15(6)11(19)13(3)4;1-10-7(9)6-4-2-3-5-8-6;;2-4-1-3;/h12-14H,8-11H2,1-7H3;7-8H,1-6H3,(H,16,17);6,8H,2-5H2,1H3;1H4;4H;1H. The van der Waals surface area contributed by atoms with Crippen molar-refractivity contribution in [1.82, 2.24) is 39.6 Å². The fraction of sp³-hybridized carbons (Fsp3) is 0.744. The van der Waals surface area contributed by atoms with Crippen LogP contribution in [0.3, 0.4) is 0 Å². The van der Waals surface area contributed by atoms with Crippen molar-refractivity contribution in [2.75, 3.05) is 83.7 Å². The van der Waals surface area contributed by atoms with Gasteiger partial charge in [0.1, 0.15) is 24.2 Å². The van der Waals surface area contributed by atoms with Crippen molar-refractivity contribution >= 4 is 98.2 Å². The number of rotatable bonds is 11. The van der Waals surface area contributed by atoms with Gasteiger partial charge in [-0.3, -0.25) is 9.59 Å². The van der Waals surface area contributed by atoms with Crippen molar-refractivity contribution in [3.05, 3.63) is 0 Å². The summed E-state index contributed by atoms with van der Waals surface area (Å²) >= 11 is 4.85. The first kappa shape index (κ1) is 68.7. The van der Waals surface area contributed by atoms with Crippen LogP contribution in [-0.2, 0) is 52.4 Å². The van der Waals surface area contributed by atoms with Gasteiger partial charge >= 0.3 is 84.6 Å². The van der Waals surface area contributed by atoms with Crippen LogP contribution in [0, 0.1) is 0 Å². The number of piperidine rings is 2. The Bertz CT molecular complexity index is 1650. The number of carboxylic acids is 1. The molecule has 28 heteroatoms. The zero-order valence-electron chi connectivity index (χ0n) is 40.2. The van der Waals surface area contributed by atoms with E-state index < -0.39 is 84.2 Å². The van der Waals surface area contributed by atoms with Gasteiger partial charge in [0.15, 0.2) is 12.2 Å². The third kappa shape index (κ3) is 23.6. The third-order valence-corrected chi connectivity index (χ3v) is 10.1. The van der Waals surface area contributed by atoms with Crippen molar-refractivity contribution in [3.63, 3.8) is 0 Å². The van der Waals surface area contributed by atoms with Crippen molar-refractivity contribution < 1.29 is 76.7 Å². The second-order valence-electron chi connectivity index (χ2n) is 14.9. The first-order valence-corrected chi connectivity index (χ1v) is 22.4. The van der Waals surface area contributed by atoms with Gasteiger partial charge in [-0.1, -0.05) is 13.8 Å². The molecule has 2 fully saturated rings. The number of carboxylic acid groups (broad SMARTS) is 1. The molecule has 2 heterocycles. The molecule has 24 nitrogen and oxygen atoms in total. The van der Waals surface area contributed by atoms with E-state index in [1.54, 1.807) is 0 Å². The van der Waals surface area contributed by atoms with Gasteiger partial charge in [-0.2, -0.15) is 0 Å². The summed E-state index contributed by atoms with van der Waals surface area (Å²) in [5.74, 6) is -4.09. The summed E-state index contributed by atoms with van der Waals surface area (Å²) in [6.07, 6.45) is 2.78. The molecule has 7 atom stereocenters. The molecular formula is C39H72BCl2N8O16P. The van der Waals surface area contributed by atoms with Crippen molar-refractivity contribution in [3.8, 4) is 0 Å². The number of carbonyl (C=O) groups excluding carboxylic acids is 9. The molecule has 0 bridgehead atoms. The van der Waals surface area contributed by atoms with Gasteiger partial charge in [0.2, 0.25) is 0 Å². The average molecular weight is 1020 g/mol. The normalized spacial score (nSPS) is 16.4. The van der Waals surface area contributed by atoms with Gasteiger partial charge < -0.3 is 53.9 Å². The van der Waals surface area contributed by atoms with E-state index in [2.05, 4.69) is 14.8 Å². The Labute approximate surface area is 407 Å². The molecule has 0 aromatic rings. The van der Waals surface area contributed by atoms with Crippen LogP contribution < -0.4 is 5.32 Å². The Hall–Kier alpha value is -4.87. The minimum absolute atomic E-state index is 0. The molecule has 2 saturated heterocycles. The molecule has 2 aliphatic heterocycles. The van der Waals surface area contributed by atoms with E-state index >= 15 is 0 Å². The van der Waals surface area contributed by atoms with E-state index in [0.717, 1.165) is 51.8 Å². The fourth-order valence-electron chi connectivity index (χ4n) is 5.54. The van der Waals surface area contributed by atoms with E-state index in [9.17, 15) is 47.9 Å². The third-order valence-electron chi connectivity index (χ3n) is 9.74. The summed E-state index contributed by atoms with van der Waals surface area (Å²) in [6.45, 7) is 7.41. The topological polar surface area (TPSA) is 280 Å². The van der Waals surface area contributed by atoms with Gasteiger partial charge in [0.25, 0.3) is 5.91 Å². The molecule has 2 N–H and O–H groups in total. The van der Waals surface area contributed by atoms with Crippen LogP contribution in [0.4, 0.5) is 19.2 Å². The molecular weight excluding hydrogens is 949 g/mol. The molecule has 0 radical (unpaired) electrons. The average Bonchev–Trinajstić information content (AvgIpc) is 3.30. The summed E-state index contributed by atoms with van der Waals surface area (Å²) in [4.78, 5) is 126. The number of hydrogen-bond acceptors (Lipinski definition) is 16. The maximum atomic E-state index is 12.8. The summed E-state index contributed by atoms with van der Waals surface area (Å²) in [5.41, 5.74) is 0. The number of esters is 4. The monoisotopic (exact) mass is 1020 g/mol. The molecule has 2 rings (SSSR count). The van der Waals surface area contributed by atoms with Crippen LogP contribution in [0.2, 0.25) is 0 Å². The van der Waals surface area contributed by atoms with E-state index in [1.165, 1.54) is 119 Å². The van der Waals surface area contributed by atoms with E-state index in [0.29, 0.717) is 19.8 Å². The Balaban J connectivity index is -0.000000463. The Morgan fingerprint density at radius 2 is 1.07 bits per heavy atom. The second-order valence-corrected chi connectivity index (χ2v) is 16.0. The summed E-state index contributed by atoms with van der Waals surface area (Å²) in [5, 5.41) is 11.8. The Kier molecular flexibility index (Phi) is 36.2. The number of halogens is 2. The summed E-state index contributed by atoms with van der Waals surface area (Å²) < 4.78 is 28.4. The van der Waals surface area contributed by atoms with Gasteiger partial charge in [0.05, 0.1) is 14.2 Å². The molecule has 0 saturated carbocycles. The van der Waals surface area contributed by atoms with Crippen LogP contribution in [0.25, 0.3) is 0 Å². The first-order valence-electron chi connectivity index (χ1n) is 20.3. The number of nitrogens with zero attached hydrogens (tertiary/aromatic N) is 7. The number of nitrogens with one attached hydrogen (secondary N) is 1. The minimum atomic E-state index is -1.32. The number of ether oxygens (including phenoxy) is 4. The van der Waals surface area contributed by atoms with Crippen LogP contribution in [0.15, 0.2) is 0 Å². The number of likely N-dealkylation sites (tertiary alicyclic amines) is 1. The predicted molar refractivity (Wildman–Crippen MR) is 251 cm³/mol. The number of likely N-dealkylation sites (N-methyl/N-ethyl adjacent to an activating group) is 2.